The van der Waals surface area contributed by atoms with E-state index in [2.05, 4.69) is 5.32 Å². The van der Waals surface area contributed by atoms with Crippen LogP contribution >= 0.6 is 0 Å². The fourth-order valence-electron chi connectivity index (χ4n) is 1.06. The number of hydrogen-bond donors (Lipinski definition) is 1. The molecular formula is C10H12F3NO. The van der Waals surface area contributed by atoms with Gasteiger partial charge in [-0.2, -0.15) is 0 Å². The SMILES string of the molecule is CCOCCNc1cc(F)c(F)cc1F. The number of rotatable bonds is 5. The van der Waals surface area contributed by atoms with Gasteiger partial charge in [-0.25, -0.2) is 13.2 Å². The summed E-state index contributed by atoms with van der Waals surface area (Å²) in [7, 11) is 0. The van der Waals surface area contributed by atoms with Crippen LogP contribution in [0.4, 0.5) is 18.9 Å². The summed E-state index contributed by atoms with van der Waals surface area (Å²) in [5.74, 6) is -3.08. The van der Waals surface area contributed by atoms with Crippen LogP contribution < -0.4 is 5.32 Å². The Bertz CT molecular complexity index is 331. The molecule has 0 amide bonds. The lowest BCUT2D eigenvalue weighted by molar-refractivity contribution is 0.158. The summed E-state index contributed by atoms with van der Waals surface area (Å²) in [4.78, 5) is 0. The lowest BCUT2D eigenvalue weighted by Crippen LogP contribution is -2.10. The van der Waals surface area contributed by atoms with E-state index in [4.69, 9.17) is 4.74 Å². The van der Waals surface area contributed by atoms with E-state index in [1.54, 1.807) is 0 Å². The molecule has 0 spiro atoms. The number of anilines is 1. The maximum atomic E-state index is 13.0. The molecule has 1 N–H and O–H groups in total. The van der Waals surface area contributed by atoms with Gasteiger partial charge in [0.15, 0.2) is 11.6 Å². The van der Waals surface area contributed by atoms with E-state index in [0.29, 0.717) is 25.8 Å². The van der Waals surface area contributed by atoms with E-state index in [-0.39, 0.29) is 5.69 Å². The Kier molecular flexibility index (Phi) is 4.42. The van der Waals surface area contributed by atoms with Crippen molar-refractivity contribution in [1.82, 2.24) is 0 Å². The van der Waals surface area contributed by atoms with Crippen molar-refractivity contribution in [2.45, 2.75) is 6.92 Å². The first-order chi connectivity index (χ1) is 7.15. The molecule has 0 aliphatic heterocycles. The standard InChI is InChI=1S/C10H12F3NO/c1-2-15-4-3-14-10-6-8(12)7(11)5-9(10)13/h5-6,14H,2-4H2,1H3. The first-order valence-corrected chi connectivity index (χ1v) is 4.61. The molecule has 0 aliphatic rings. The van der Waals surface area contributed by atoms with Gasteiger partial charge in [-0.3, -0.25) is 0 Å². The van der Waals surface area contributed by atoms with Gasteiger partial charge in [0.2, 0.25) is 0 Å². The normalized spacial score (nSPS) is 10.4. The second-order valence-electron chi connectivity index (χ2n) is 2.87. The predicted molar refractivity (Wildman–Crippen MR) is 51.3 cm³/mol. The second-order valence-corrected chi connectivity index (χ2v) is 2.87. The van der Waals surface area contributed by atoms with Crippen LogP contribution in [0.1, 0.15) is 6.92 Å². The molecule has 5 heteroatoms. The molecular weight excluding hydrogens is 207 g/mol. The van der Waals surface area contributed by atoms with E-state index in [1.165, 1.54) is 0 Å². The third-order valence-corrected chi connectivity index (χ3v) is 1.78. The summed E-state index contributed by atoms with van der Waals surface area (Å²) < 4.78 is 43.3. The van der Waals surface area contributed by atoms with Gasteiger partial charge in [0, 0.05) is 25.3 Å². The fraction of sp³-hybridized carbons (Fsp3) is 0.400. The smallest absolute Gasteiger partial charge is 0.161 e. The molecule has 0 atom stereocenters. The second kappa shape index (κ2) is 5.60. The summed E-state index contributed by atoms with van der Waals surface area (Å²) in [5.41, 5.74) is -0.0615. The molecule has 1 rings (SSSR count). The average molecular weight is 219 g/mol. The Labute approximate surface area is 86.1 Å². The molecule has 0 radical (unpaired) electrons. The van der Waals surface area contributed by atoms with Crippen LogP contribution in [0, 0.1) is 17.5 Å². The van der Waals surface area contributed by atoms with Crippen LogP contribution in [0.2, 0.25) is 0 Å². The highest BCUT2D eigenvalue weighted by Gasteiger charge is 2.08. The van der Waals surface area contributed by atoms with E-state index < -0.39 is 17.5 Å². The fourth-order valence-corrected chi connectivity index (χ4v) is 1.06. The third kappa shape index (κ3) is 3.43. The minimum atomic E-state index is -1.19. The number of halogens is 3. The molecule has 2 nitrogen and oxygen atoms in total. The Morgan fingerprint density at radius 3 is 2.47 bits per heavy atom. The van der Waals surface area contributed by atoms with Crippen molar-refractivity contribution < 1.29 is 17.9 Å². The highest BCUT2D eigenvalue weighted by atomic mass is 19.2. The minimum Gasteiger partial charge on any atom is -0.380 e. The topological polar surface area (TPSA) is 21.3 Å². The van der Waals surface area contributed by atoms with Crippen molar-refractivity contribution in [1.29, 1.82) is 0 Å². The third-order valence-electron chi connectivity index (χ3n) is 1.78. The van der Waals surface area contributed by atoms with E-state index in [0.717, 1.165) is 6.07 Å². The molecule has 84 valence electrons. The van der Waals surface area contributed by atoms with Gasteiger partial charge in [0.05, 0.1) is 12.3 Å². The molecule has 0 bridgehead atoms. The highest BCUT2D eigenvalue weighted by molar-refractivity contribution is 5.45. The molecule has 0 saturated carbocycles. The zero-order valence-corrected chi connectivity index (χ0v) is 8.32. The maximum absolute atomic E-state index is 13.0. The van der Waals surface area contributed by atoms with E-state index in [9.17, 15) is 13.2 Å². The lowest BCUT2D eigenvalue weighted by atomic mass is 10.3. The van der Waals surface area contributed by atoms with Gasteiger partial charge in [0.1, 0.15) is 5.82 Å². The molecule has 0 fully saturated rings. The summed E-state index contributed by atoms with van der Waals surface area (Å²) >= 11 is 0. The van der Waals surface area contributed by atoms with Crippen molar-refractivity contribution in [3.63, 3.8) is 0 Å². The zero-order valence-electron chi connectivity index (χ0n) is 8.32. The monoisotopic (exact) mass is 219 g/mol. The van der Waals surface area contributed by atoms with Crippen LogP contribution in [0.25, 0.3) is 0 Å². The van der Waals surface area contributed by atoms with Crippen molar-refractivity contribution in [2.75, 3.05) is 25.1 Å². The molecule has 0 heterocycles. The quantitative estimate of drug-likeness (QED) is 0.607. The van der Waals surface area contributed by atoms with Crippen LogP contribution in [-0.4, -0.2) is 19.8 Å². The first-order valence-electron chi connectivity index (χ1n) is 4.61. The summed E-state index contributed by atoms with van der Waals surface area (Å²) in [5, 5.41) is 2.61. The Morgan fingerprint density at radius 1 is 1.13 bits per heavy atom. The number of ether oxygens (including phenoxy) is 1. The lowest BCUT2D eigenvalue weighted by Gasteiger charge is -2.07. The highest BCUT2D eigenvalue weighted by Crippen LogP contribution is 2.17. The van der Waals surface area contributed by atoms with Gasteiger partial charge in [0.25, 0.3) is 0 Å². The zero-order chi connectivity index (χ0) is 11.3. The Balaban J connectivity index is 2.57. The molecule has 0 aromatic heterocycles. The minimum absolute atomic E-state index is 0.0615. The maximum Gasteiger partial charge on any atom is 0.161 e. The largest absolute Gasteiger partial charge is 0.380 e. The summed E-state index contributed by atoms with van der Waals surface area (Å²) in [6.45, 7) is 3.12. The Hall–Kier alpha value is -1.23. The molecule has 0 unspecified atom stereocenters. The molecule has 1 aromatic carbocycles. The van der Waals surface area contributed by atoms with Gasteiger partial charge in [-0.1, -0.05) is 0 Å². The number of benzene rings is 1. The average Bonchev–Trinajstić information content (AvgIpc) is 2.20. The Morgan fingerprint density at radius 2 is 1.80 bits per heavy atom. The van der Waals surface area contributed by atoms with Gasteiger partial charge in [-0.15, -0.1) is 0 Å². The van der Waals surface area contributed by atoms with Crippen molar-refractivity contribution >= 4 is 5.69 Å². The molecule has 0 aliphatic carbocycles. The molecule has 0 saturated heterocycles. The van der Waals surface area contributed by atoms with Crippen molar-refractivity contribution in [3.8, 4) is 0 Å². The van der Waals surface area contributed by atoms with Crippen LogP contribution in [0.15, 0.2) is 12.1 Å². The van der Waals surface area contributed by atoms with Gasteiger partial charge < -0.3 is 10.1 Å². The van der Waals surface area contributed by atoms with Gasteiger partial charge in [-0.05, 0) is 6.92 Å². The summed E-state index contributed by atoms with van der Waals surface area (Å²) in [6, 6.07) is 1.30. The first kappa shape index (κ1) is 11.8. The predicted octanol–water partition coefficient (Wildman–Crippen LogP) is 2.55. The van der Waals surface area contributed by atoms with Gasteiger partial charge >= 0.3 is 0 Å². The number of hydrogen-bond acceptors (Lipinski definition) is 2. The van der Waals surface area contributed by atoms with E-state index in [1.807, 2.05) is 6.92 Å². The number of nitrogens with one attached hydrogen (secondary N) is 1. The van der Waals surface area contributed by atoms with E-state index >= 15 is 0 Å². The van der Waals surface area contributed by atoms with Crippen LogP contribution in [0.3, 0.4) is 0 Å². The van der Waals surface area contributed by atoms with Crippen molar-refractivity contribution in [2.24, 2.45) is 0 Å². The molecule has 15 heavy (non-hydrogen) atoms. The molecule has 1 aromatic rings. The van der Waals surface area contributed by atoms with Crippen LogP contribution in [0.5, 0.6) is 0 Å². The van der Waals surface area contributed by atoms with Crippen molar-refractivity contribution in [3.05, 3.63) is 29.6 Å². The summed E-state index contributed by atoms with van der Waals surface area (Å²) in [6.07, 6.45) is 0. The van der Waals surface area contributed by atoms with Crippen LogP contribution in [-0.2, 0) is 4.74 Å².